The number of amides is 1. The van der Waals surface area contributed by atoms with Gasteiger partial charge in [-0.05, 0) is 68.0 Å². The van der Waals surface area contributed by atoms with Crippen molar-refractivity contribution in [1.29, 1.82) is 0 Å². The molecule has 37 heavy (non-hydrogen) atoms. The van der Waals surface area contributed by atoms with E-state index in [0.29, 0.717) is 18.7 Å². The summed E-state index contributed by atoms with van der Waals surface area (Å²) >= 11 is 1.60. The molecular formula is C28H40N4O4S. The molecule has 0 spiro atoms. The molecule has 0 saturated carbocycles. The number of nitrogens with zero attached hydrogens (tertiary/aromatic N) is 1. The Hall–Kier alpha value is -2.46. The van der Waals surface area contributed by atoms with Crippen molar-refractivity contribution in [2.75, 3.05) is 31.6 Å². The van der Waals surface area contributed by atoms with Crippen LogP contribution in [0, 0.1) is 0 Å². The Morgan fingerprint density at radius 3 is 2.62 bits per heavy atom. The molecule has 1 amide bonds. The number of hydrogen-bond acceptors (Lipinski definition) is 8. The van der Waals surface area contributed by atoms with Gasteiger partial charge in [0.1, 0.15) is 6.04 Å². The van der Waals surface area contributed by atoms with Crippen LogP contribution in [0.4, 0.5) is 0 Å². The van der Waals surface area contributed by atoms with Crippen molar-refractivity contribution >= 4 is 40.2 Å². The highest BCUT2D eigenvalue weighted by Gasteiger charge is 2.36. The summed E-state index contributed by atoms with van der Waals surface area (Å²) in [5.41, 5.74) is 6.87. The lowest BCUT2D eigenvalue weighted by molar-refractivity contribution is -0.151. The zero-order valence-corrected chi connectivity index (χ0v) is 22.9. The summed E-state index contributed by atoms with van der Waals surface area (Å²) in [6.45, 7) is 4.65. The number of thioether (sulfide) groups is 1. The highest BCUT2D eigenvalue weighted by molar-refractivity contribution is 7.98. The second kappa shape index (κ2) is 14.5. The Bertz CT molecular complexity index is 1050. The lowest BCUT2D eigenvalue weighted by atomic mass is 9.97. The number of Topliss-reactive ketones (excluding diaryl/α,β-unsaturated/α-hetero) is 1. The maximum absolute atomic E-state index is 13.4. The van der Waals surface area contributed by atoms with Crippen molar-refractivity contribution in [1.82, 2.24) is 15.5 Å². The molecule has 0 aliphatic carbocycles. The lowest BCUT2D eigenvalue weighted by Gasteiger charge is -2.34. The third-order valence-electron chi connectivity index (χ3n) is 6.59. The Morgan fingerprint density at radius 2 is 1.95 bits per heavy atom. The smallest absolute Gasteiger partial charge is 0.328 e. The van der Waals surface area contributed by atoms with E-state index in [4.69, 9.17) is 10.5 Å². The van der Waals surface area contributed by atoms with Crippen LogP contribution in [0.3, 0.4) is 0 Å². The molecule has 3 atom stereocenters. The van der Waals surface area contributed by atoms with Crippen LogP contribution in [-0.2, 0) is 25.7 Å². The number of rotatable bonds is 14. The number of benzene rings is 2. The molecule has 1 aliphatic rings. The summed E-state index contributed by atoms with van der Waals surface area (Å²) in [5, 5.41) is 8.48. The first-order valence-electron chi connectivity index (χ1n) is 13.0. The molecule has 0 bridgehead atoms. The van der Waals surface area contributed by atoms with Crippen molar-refractivity contribution in [3.05, 3.63) is 48.0 Å². The van der Waals surface area contributed by atoms with Crippen LogP contribution < -0.4 is 16.4 Å². The van der Waals surface area contributed by atoms with Crippen molar-refractivity contribution in [3.8, 4) is 0 Å². The maximum Gasteiger partial charge on any atom is 0.328 e. The first kappa shape index (κ1) is 29.1. The van der Waals surface area contributed by atoms with E-state index >= 15 is 0 Å². The molecule has 1 fully saturated rings. The van der Waals surface area contributed by atoms with Crippen LogP contribution >= 0.6 is 11.8 Å². The standard InChI is InChI=1S/C28H40N4O4S/c1-19(2)36-28(35)24(13-15-37-3)31-26(34)18-32(27(25(33)16-29)23-12-7-14-30-23)17-21-10-6-9-20-8-4-5-11-22(20)21/h4-6,8-11,19,23-24,27,30H,7,12-18,29H2,1-3H3,(H,31,34)/t23-,24-,27?/m0/s1. The highest BCUT2D eigenvalue weighted by Crippen LogP contribution is 2.23. The van der Waals surface area contributed by atoms with Gasteiger partial charge in [0, 0.05) is 12.6 Å². The molecule has 9 heteroatoms. The predicted octanol–water partition coefficient (Wildman–Crippen LogP) is 2.48. The fourth-order valence-electron chi connectivity index (χ4n) is 4.91. The molecule has 202 valence electrons. The fraction of sp³-hybridized carbons (Fsp3) is 0.536. The first-order valence-corrected chi connectivity index (χ1v) is 14.4. The van der Waals surface area contributed by atoms with Gasteiger partial charge in [0.15, 0.2) is 5.78 Å². The predicted molar refractivity (Wildman–Crippen MR) is 149 cm³/mol. The average molecular weight is 529 g/mol. The van der Waals surface area contributed by atoms with Crippen molar-refractivity contribution in [2.45, 2.75) is 63.9 Å². The number of ketones is 1. The normalized spacial score (nSPS) is 17.2. The molecule has 2 aromatic rings. The second-order valence-corrected chi connectivity index (χ2v) is 10.7. The van der Waals surface area contributed by atoms with E-state index in [1.807, 2.05) is 47.6 Å². The number of carbonyl (C=O) groups is 3. The van der Waals surface area contributed by atoms with Gasteiger partial charge in [0.05, 0.1) is 25.2 Å². The molecule has 2 aromatic carbocycles. The van der Waals surface area contributed by atoms with Crippen LogP contribution in [0.2, 0.25) is 0 Å². The van der Waals surface area contributed by atoms with E-state index in [9.17, 15) is 14.4 Å². The summed E-state index contributed by atoms with van der Waals surface area (Å²) in [6.07, 6.45) is 3.95. The number of esters is 1. The SMILES string of the molecule is CSCC[C@H](NC(=O)CN(Cc1cccc2ccccc12)C(C(=O)CN)[C@@H]1CCCN1)C(=O)OC(C)C. The molecule has 3 rings (SSSR count). The van der Waals surface area contributed by atoms with Crippen LogP contribution in [0.1, 0.15) is 38.7 Å². The van der Waals surface area contributed by atoms with E-state index in [2.05, 4.69) is 16.7 Å². The van der Waals surface area contributed by atoms with Crippen LogP contribution in [-0.4, -0.2) is 78.4 Å². The quantitative estimate of drug-likeness (QED) is 0.321. The third-order valence-corrected chi connectivity index (χ3v) is 7.23. The van der Waals surface area contributed by atoms with Gasteiger partial charge in [-0.25, -0.2) is 4.79 Å². The van der Waals surface area contributed by atoms with Gasteiger partial charge in [-0.2, -0.15) is 11.8 Å². The molecular weight excluding hydrogens is 488 g/mol. The lowest BCUT2D eigenvalue weighted by Crippen LogP contribution is -2.57. The average Bonchev–Trinajstić information content (AvgIpc) is 3.40. The van der Waals surface area contributed by atoms with Crippen LogP contribution in [0.25, 0.3) is 10.8 Å². The molecule has 4 N–H and O–H groups in total. The molecule has 1 unspecified atom stereocenters. The van der Waals surface area contributed by atoms with E-state index < -0.39 is 18.1 Å². The summed E-state index contributed by atoms with van der Waals surface area (Å²) in [4.78, 5) is 41.1. The topological polar surface area (TPSA) is 114 Å². The van der Waals surface area contributed by atoms with Gasteiger partial charge in [-0.3, -0.25) is 14.5 Å². The monoisotopic (exact) mass is 528 g/mol. The fourth-order valence-corrected chi connectivity index (χ4v) is 5.38. The van der Waals surface area contributed by atoms with Crippen LogP contribution in [0.15, 0.2) is 42.5 Å². The minimum atomic E-state index is -0.741. The number of nitrogens with two attached hydrogens (primary N) is 1. The first-order chi connectivity index (χ1) is 17.8. The Labute approximate surface area is 224 Å². The molecule has 1 aliphatic heterocycles. The zero-order valence-electron chi connectivity index (χ0n) is 22.1. The minimum absolute atomic E-state index is 0.0392. The third kappa shape index (κ3) is 8.26. The van der Waals surface area contributed by atoms with Crippen molar-refractivity contribution in [3.63, 3.8) is 0 Å². The minimum Gasteiger partial charge on any atom is -0.461 e. The van der Waals surface area contributed by atoms with E-state index in [1.165, 1.54) is 0 Å². The Balaban J connectivity index is 1.88. The summed E-state index contributed by atoms with van der Waals surface area (Å²) < 4.78 is 5.39. The van der Waals surface area contributed by atoms with Crippen molar-refractivity contribution in [2.24, 2.45) is 5.73 Å². The van der Waals surface area contributed by atoms with Gasteiger partial charge < -0.3 is 21.1 Å². The molecule has 0 radical (unpaired) electrons. The van der Waals surface area contributed by atoms with E-state index in [0.717, 1.165) is 35.7 Å². The Kier molecular flexibility index (Phi) is 11.4. The van der Waals surface area contributed by atoms with Gasteiger partial charge in [0.2, 0.25) is 5.91 Å². The summed E-state index contributed by atoms with van der Waals surface area (Å²) in [7, 11) is 0. The molecule has 8 nitrogen and oxygen atoms in total. The maximum atomic E-state index is 13.4. The number of nitrogens with one attached hydrogen (secondary N) is 2. The zero-order chi connectivity index (χ0) is 26.8. The number of ether oxygens (including phenoxy) is 1. The van der Waals surface area contributed by atoms with Gasteiger partial charge in [-0.15, -0.1) is 0 Å². The number of hydrogen-bond donors (Lipinski definition) is 3. The van der Waals surface area contributed by atoms with Gasteiger partial charge >= 0.3 is 5.97 Å². The largest absolute Gasteiger partial charge is 0.461 e. The number of carbonyl (C=O) groups excluding carboxylic acids is 3. The summed E-state index contributed by atoms with van der Waals surface area (Å²) in [6, 6.07) is 12.8. The second-order valence-electron chi connectivity index (χ2n) is 9.75. The molecule has 0 aromatic heterocycles. The van der Waals surface area contributed by atoms with Gasteiger partial charge in [0.25, 0.3) is 0 Å². The Morgan fingerprint density at radius 1 is 1.19 bits per heavy atom. The van der Waals surface area contributed by atoms with E-state index in [-0.39, 0.29) is 36.9 Å². The van der Waals surface area contributed by atoms with Crippen molar-refractivity contribution < 1.29 is 19.1 Å². The van der Waals surface area contributed by atoms with Gasteiger partial charge in [-0.1, -0.05) is 42.5 Å². The molecule has 1 heterocycles. The molecule has 1 saturated heterocycles. The van der Waals surface area contributed by atoms with E-state index in [1.54, 1.807) is 25.6 Å². The number of fused-ring (bicyclic) bond motifs is 1. The highest BCUT2D eigenvalue weighted by atomic mass is 32.2. The van der Waals surface area contributed by atoms with Crippen LogP contribution in [0.5, 0.6) is 0 Å². The summed E-state index contributed by atoms with van der Waals surface area (Å²) in [5.74, 6) is -0.159.